The van der Waals surface area contributed by atoms with Gasteiger partial charge in [0.2, 0.25) is 0 Å². The molecule has 0 saturated carbocycles. The van der Waals surface area contributed by atoms with Gasteiger partial charge in [0.1, 0.15) is 11.6 Å². The maximum Gasteiger partial charge on any atom is 0.316 e. The average Bonchev–Trinajstić information content (AvgIpc) is 2.94. The van der Waals surface area contributed by atoms with Gasteiger partial charge < -0.3 is 19.5 Å². The lowest BCUT2D eigenvalue weighted by Gasteiger charge is -2.12. The van der Waals surface area contributed by atoms with Crippen LogP contribution in [0.2, 0.25) is 0 Å². The molecule has 0 aliphatic heterocycles. The maximum absolute atomic E-state index is 12.1. The highest BCUT2D eigenvalue weighted by molar-refractivity contribution is 5.71. The minimum atomic E-state index is -0.237. The van der Waals surface area contributed by atoms with E-state index in [1.165, 1.54) is 12.7 Å². The highest BCUT2D eigenvalue weighted by atomic mass is 16.5. The minimum absolute atomic E-state index is 0.139. The molecule has 37 heavy (non-hydrogen) atoms. The van der Waals surface area contributed by atoms with Crippen LogP contribution < -0.4 is 14.8 Å². The van der Waals surface area contributed by atoms with E-state index in [-0.39, 0.29) is 18.3 Å². The van der Waals surface area contributed by atoms with Crippen LogP contribution in [0.5, 0.6) is 11.8 Å². The van der Waals surface area contributed by atoms with Crippen molar-refractivity contribution in [3.63, 3.8) is 0 Å². The molecule has 8 nitrogen and oxygen atoms in total. The Labute approximate surface area is 219 Å². The molecule has 1 atom stereocenters. The van der Waals surface area contributed by atoms with Gasteiger partial charge >= 0.3 is 12.0 Å². The van der Waals surface area contributed by atoms with Crippen molar-refractivity contribution >= 4 is 11.8 Å². The highest BCUT2D eigenvalue weighted by Crippen LogP contribution is 2.22. The molecule has 1 aromatic carbocycles. The summed E-state index contributed by atoms with van der Waals surface area (Å²) < 4.78 is 15.4. The van der Waals surface area contributed by atoms with Crippen molar-refractivity contribution in [1.82, 2.24) is 15.0 Å². The number of carbonyl (C=O) groups is 1. The Balaban J connectivity index is 1.45. The molecule has 0 saturated heterocycles. The van der Waals surface area contributed by atoms with Gasteiger partial charge in [0.15, 0.2) is 0 Å². The van der Waals surface area contributed by atoms with E-state index in [2.05, 4.69) is 27.4 Å². The Morgan fingerprint density at radius 1 is 1.03 bits per heavy atom. The fourth-order valence-corrected chi connectivity index (χ4v) is 3.80. The van der Waals surface area contributed by atoms with Crippen LogP contribution in [0.3, 0.4) is 0 Å². The molecule has 0 spiro atoms. The van der Waals surface area contributed by atoms with E-state index in [4.69, 9.17) is 19.2 Å². The lowest BCUT2D eigenvalue weighted by Crippen LogP contribution is -2.10. The standard InChI is InChI=1S/C29H36N4O4/c1-4-37-28(34)18-23(24-20-31-29(36-3)32-21-24)10-7-5-6-8-11-25-12-9-13-27(33-25)30-19-22-14-16-26(35-2)17-15-22/h7,9-10,12-17,20-21,23H,4-6,8,11,18-19H2,1-3H3,(H,30,33). The third-order valence-electron chi connectivity index (χ3n) is 5.81. The number of unbranched alkanes of at least 4 members (excludes halogenated alkanes) is 2. The van der Waals surface area contributed by atoms with Crippen LogP contribution in [0.1, 0.15) is 55.3 Å². The van der Waals surface area contributed by atoms with Crippen molar-refractivity contribution in [2.24, 2.45) is 0 Å². The second kappa shape index (κ2) is 15.2. The Morgan fingerprint density at radius 3 is 2.51 bits per heavy atom. The maximum atomic E-state index is 12.1. The van der Waals surface area contributed by atoms with E-state index in [0.29, 0.717) is 19.2 Å². The minimum Gasteiger partial charge on any atom is -0.497 e. The Kier molecular flexibility index (Phi) is 11.4. The van der Waals surface area contributed by atoms with E-state index in [1.807, 2.05) is 42.5 Å². The van der Waals surface area contributed by atoms with Crippen LogP contribution in [0.15, 0.2) is 67.0 Å². The molecule has 3 aromatic rings. The van der Waals surface area contributed by atoms with E-state index < -0.39 is 0 Å². The summed E-state index contributed by atoms with van der Waals surface area (Å²) in [5, 5.41) is 3.39. The first-order valence-electron chi connectivity index (χ1n) is 12.6. The molecule has 1 unspecified atom stereocenters. The molecule has 0 bridgehead atoms. The van der Waals surface area contributed by atoms with Crippen molar-refractivity contribution in [3.8, 4) is 11.8 Å². The molecule has 3 rings (SSSR count). The van der Waals surface area contributed by atoms with Crippen LogP contribution in [0, 0.1) is 0 Å². The molecular weight excluding hydrogens is 468 g/mol. The van der Waals surface area contributed by atoms with Crippen molar-refractivity contribution in [2.75, 3.05) is 26.1 Å². The number of aromatic nitrogens is 3. The van der Waals surface area contributed by atoms with Crippen molar-refractivity contribution < 1.29 is 19.0 Å². The molecule has 0 fully saturated rings. The monoisotopic (exact) mass is 504 g/mol. The number of hydrogen-bond acceptors (Lipinski definition) is 8. The molecule has 2 aromatic heterocycles. The normalized spacial score (nSPS) is 11.8. The Hall–Kier alpha value is -3.94. The largest absolute Gasteiger partial charge is 0.497 e. The number of rotatable bonds is 15. The molecular formula is C29H36N4O4. The topological polar surface area (TPSA) is 95.5 Å². The SMILES string of the molecule is CCOC(=O)CC(C=CCCCCc1cccc(NCc2ccc(OC)cc2)n1)c1cnc(OC)nc1. The fourth-order valence-electron chi connectivity index (χ4n) is 3.80. The van der Waals surface area contributed by atoms with Gasteiger partial charge in [-0.3, -0.25) is 4.79 Å². The Morgan fingerprint density at radius 2 is 1.81 bits per heavy atom. The number of esters is 1. The average molecular weight is 505 g/mol. The third kappa shape index (κ3) is 9.56. The molecule has 0 amide bonds. The highest BCUT2D eigenvalue weighted by Gasteiger charge is 2.15. The second-order valence-corrected chi connectivity index (χ2v) is 8.51. The van der Waals surface area contributed by atoms with Crippen LogP contribution in [-0.4, -0.2) is 41.7 Å². The molecule has 0 aliphatic rings. The number of ether oxygens (including phenoxy) is 3. The van der Waals surface area contributed by atoms with Crippen molar-refractivity contribution in [1.29, 1.82) is 0 Å². The van der Waals surface area contributed by atoms with Crippen LogP contribution >= 0.6 is 0 Å². The number of methoxy groups -OCH3 is 2. The molecule has 196 valence electrons. The van der Waals surface area contributed by atoms with Gasteiger partial charge in [-0.25, -0.2) is 15.0 Å². The number of hydrogen-bond donors (Lipinski definition) is 1. The summed E-state index contributed by atoms with van der Waals surface area (Å²) in [6.07, 6.45) is 11.7. The number of pyridine rings is 1. The number of benzene rings is 1. The quantitative estimate of drug-likeness (QED) is 0.165. The lowest BCUT2D eigenvalue weighted by molar-refractivity contribution is -0.143. The molecule has 2 heterocycles. The van der Waals surface area contributed by atoms with Gasteiger partial charge in [-0.2, -0.15) is 0 Å². The van der Waals surface area contributed by atoms with E-state index in [1.54, 1.807) is 26.4 Å². The predicted molar refractivity (Wildman–Crippen MR) is 144 cm³/mol. The number of anilines is 1. The zero-order chi connectivity index (χ0) is 26.3. The first-order valence-corrected chi connectivity index (χ1v) is 12.6. The summed E-state index contributed by atoms with van der Waals surface area (Å²) in [5.74, 6) is 1.35. The number of carbonyl (C=O) groups excluding carboxylic acids is 1. The van der Waals surface area contributed by atoms with Gasteiger partial charge in [-0.15, -0.1) is 0 Å². The van der Waals surface area contributed by atoms with Crippen molar-refractivity contribution in [3.05, 3.63) is 83.8 Å². The Bertz CT molecular complexity index is 1120. The summed E-state index contributed by atoms with van der Waals surface area (Å²) >= 11 is 0. The van der Waals surface area contributed by atoms with Gasteiger partial charge in [-0.1, -0.05) is 30.4 Å². The molecule has 0 radical (unpaired) electrons. The van der Waals surface area contributed by atoms with E-state index in [0.717, 1.165) is 48.5 Å². The summed E-state index contributed by atoms with van der Waals surface area (Å²) in [6.45, 7) is 2.87. The van der Waals surface area contributed by atoms with Crippen LogP contribution in [-0.2, 0) is 22.5 Å². The first-order chi connectivity index (χ1) is 18.1. The molecule has 0 aliphatic carbocycles. The number of nitrogens with one attached hydrogen (secondary N) is 1. The number of aryl methyl sites for hydroxylation is 1. The lowest BCUT2D eigenvalue weighted by atomic mass is 9.97. The van der Waals surface area contributed by atoms with E-state index >= 15 is 0 Å². The summed E-state index contributed by atoms with van der Waals surface area (Å²) in [7, 11) is 3.19. The van der Waals surface area contributed by atoms with Crippen LogP contribution in [0.4, 0.5) is 5.82 Å². The van der Waals surface area contributed by atoms with Crippen molar-refractivity contribution in [2.45, 2.75) is 51.5 Å². The molecule has 8 heteroatoms. The van der Waals surface area contributed by atoms with Gasteiger partial charge in [0.25, 0.3) is 0 Å². The predicted octanol–water partition coefficient (Wildman–Crippen LogP) is 5.51. The summed E-state index contributed by atoms with van der Waals surface area (Å²) in [4.78, 5) is 25.2. The zero-order valence-electron chi connectivity index (χ0n) is 21.9. The summed E-state index contributed by atoms with van der Waals surface area (Å²) in [6, 6.07) is 14.4. The smallest absolute Gasteiger partial charge is 0.316 e. The fraction of sp³-hybridized carbons (Fsp3) is 0.379. The first kappa shape index (κ1) is 27.6. The number of nitrogens with zero attached hydrogens (tertiary/aromatic N) is 3. The zero-order valence-corrected chi connectivity index (χ0v) is 21.9. The van der Waals surface area contributed by atoms with Gasteiger partial charge in [0, 0.05) is 30.6 Å². The van der Waals surface area contributed by atoms with E-state index in [9.17, 15) is 4.79 Å². The second-order valence-electron chi connectivity index (χ2n) is 8.51. The third-order valence-corrected chi connectivity index (χ3v) is 5.81. The van der Waals surface area contributed by atoms with Gasteiger partial charge in [0.05, 0.1) is 27.2 Å². The van der Waals surface area contributed by atoms with Gasteiger partial charge in [-0.05, 0) is 68.0 Å². The number of allylic oxidation sites excluding steroid dienone is 2. The summed E-state index contributed by atoms with van der Waals surface area (Å²) in [5.41, 5.74) is 3.09. The molecule has 1 N–H and O–H groups in total. The van der Waals surface area contributed by atoms with Crippen LogP contribution in [0.25, 0.3) is 0 Å².